The number of hydrogen-bond donors (Lipinski definition) is 2. The number of alkyl halides is 3. The van der Waals surface area contributed by atoms with Crippen LogP contribution in [0.2, 0.25) is 0 Å². The highest BCUT2D eigenvalue weighted by atomic mass is 32.2. The first-order valence-corrected chi connectivity index (χ1v) is 6.56. The predicted octanol–water partition coefficient (Wildman–Crippen LogP) is 0.859. The van der Waals surface area contributed by atoms with Crippen molar-refractivity contribution in [3.63, 3.8) is 0 Å². The number of benzene rings is 1. The van der Waals surface area contributed by atoms with Crippen LogP contribution < -0.4 is 10.5 Å². The molecule has 1 amide bonds. The van der Waals surface area contributed by atoms with Crippen LogP contribution in [-0.2, 0) is 21.0 Å². The molecule has 0 aliphatic heterocycles. The molecule has 0 fully saturated rings. The molecule has 0 radical (unpaired) electrons. The zero-order valence-corrected chi connectivity index (χ0v) is 10.4. The van der Waals surface area contributed by atoms with Gasteiger partial charge in [0.2, 0.25) is 15.9 Å². The Morgan fingerprint density at radius 1 is 1.32 bits per heavy atom. The highest BCUT2D eigenvalue weighted by Gasteiger charge is 2.31. The summed E-state index contributed by atoms with van der Waals surface area (Å²) in [6, 6.07) is 3.31. The maximum Gasteiger partial charge on any atom is 0.416 e. The van der Waals surface area contributed by atoms with E-state index in [-0.39, 0.29) is 13.0 Å². The summed E-state index contributed by atoms with van der Waals surface area (Å²) in [4.78, 5) is 9.92. The van der Waals surface area contributed by atoms with E-state index < -0.39 is 32.6 Å². The van der Waals surface area contributed by atoms with E-state index in [0.717, 1.165) is 18.2 Å². The van der Waals surface area contributed by atoms with Crippen LogP contribution in [0.15, 0.2) is 29.2 Å². The second kappa shape index (κ2) is 5.57. The minimum Gasteiger partial charge on any atom is -0.370 e. The van der Waals surface area contributed by atoms with Crippen molar-refractivity contribution in [3.8, 4) is 0 Å². The molecular weight excluding hydrogens is 285 g/mol. The number of carbonyl (C=O) groups excluding carboxylic acids is 1. The van der Waals surface area contributed by atoms with Crippen LogP contribution in [0, 0.1) is 0 Å². The van der Waals surface area contributed by atoms with Crippen molar-refractivity contribution in [2.75, 3.05) is 6.54 Å². The lowest BCUT2D eigenvalue weighted by Crippen LogP contribution is -2.28. The Kier molecular flexibility index (Phi) is 4.53. The van der Waals surface area contributed by atoms with Crippen LogP contribution in [0.1, 0.15) is 12.0 Å². The second-order valence-corrected chi connectivity index (χ2v) is 5.41. The number of primary amides is 1. The molecular formula is C10H11F3N2O3S. The number of nitrogens with two attached hydrogens (primary N) is 1. The summed E-state index contributed by atoms with van der Waals surface area (Å²) in [7, 11) is -4.10. The summed E-state index contributed by atoms with van der Waals surface area (Å²) in [6.07, 6.45) is -4.86. The Balaban J connectivity index is 2.93. The minimum atomic E-state index is -4.63. The van der Waals surface area contributed by atoms with Gasteiger partial charge in [0.15, 0.2) is 0 Å². The van der Waals surface area contributed by atoms with Gasteiger partial charge in [-0.2, -0.15) is 13.2 Å². The second-order valence-electron chi connectivity index (χ2n) is 3.64. The molecule has 0 heterocycles. The van der Waals surface area contributed by atoms with Crippen molar-refractivity contribution in [2.24, 2.45) is 5.73 Å². The van der Waals surface area contributed by atoms with Gasteiger partial charge in [-0.3, -0.25) is 4.79 Å². The summed E-state index contributed by atoms with van der Waals surface area (Å²) >= 11 is 0. The van der Waals surface area contributed by atoms with E-state index in [1.54, 1.807) is 0 Å². The minimum absolute atomic E-state index is 0.238. The Hall–Kier alpha value is -1.61. The molecule has 9 heteroatoms. The van der Waals surface area contributed by atoms with Crippen LogP contribution in [0.25, 0.3) is 0 Å². The molecule has 0 bridgehead atoms. The first-order valence-electron chi connectivity index (χ1n) is 5.08. The average Bonchev–Trinajstić information content (AvgIpc) is 2.27. The van der Waals surface area contributed by atoms with Crippen molar-refractivity contribution in [3.05, 3.63) is 29.8 Å². The Morgan fingerprint density at radius 2 is 1.95 bits per heavy atom. The topological polar surface area (TPSA) is 89.3 Å². The van der Waals surface area contributed by atoms with Gasteiger partial charge in [-0.25, -0.2) is 13.1 Å². The summed E-state index contributed by atoms with van der Waals surface area (Å²) in [6.45, 7) is -0.270. The molecule has 0 aliphatic carbocycles. The van der Waals surface area contributed by atoms with E-state index in [4.69, 9.17) is 5.73 Å². The quantitative estimate of drug-likeness (QED) is 0.844. The van der Waals surface area contributed by atoms with Gasteiger partial charge in [0, 0.05) is 13.0 Å². The molecule has 19 heavy (non-hydrogen) atoms. The summed E-state index contributed by atoms with van der Waals surface area (Å²) in [5, 5.41) is 0. The molecule has 1 rings (SSSR count). The molecule has 0 spiro atoms. The van der Waals surface area contributed by atoms with Crippen LogP contribution in [-0.4, -0.2) is 20.9 Å². The van der Waals surface area contributed by atoms with Crippen molar-refractivity contribution < 1.29 is 26.4 Å². The maximum atomic E-state index is 12.4. The van der Waals surface area contributed by atoms with E-state index in [0.29, 0.717) is 6.07 Å². The third-order valence-electron chi connectivity index (χ3n) is 2.14. The van der Waals surface area contributed by atoms with Gasteiger partial charge in [-0.15, -0.1) is 0 Å². The summed E-state index contributed by atoms with van der Waals surface area (Å²) in [5.41, 5.74) is 3.75. The van der Waals surface area contributed by atoms with E-state index in [9.17, 15) is 26.4 Å². The molecule has 106 valence electrons. The third kappa shape index (κ3) is 4.52. The number of rotatable bonds is 5. The predicted molar refractivity (Wildman–Crippen MR) is 60.4 cm³/mol. The SMILES string of the molecule is NC(=O)CCNS(=O)(=O)c1cccc(C(F)(F)F)c1. The zero-order valence-electron chi connectivity index (χ0n) is 9.57. The van der Waals surface area contributed by atoms with Gasteiger partial charge < -0.3 is 5.73 Å². The smallest absolute Gasteiger partial charge is 0.370 e. The number of nitrogens with one attached hydrogen (secondary N) is 1. The van der Waals surface area contributed by atoms with Gasteiger partial charge in [0.1, 0.15) is 0 Å². The van der Waals surface area contributed by atoms with Crippen molar-refractivity contribution >= 4 is 15.9 Å². The Labute approximate surface area is 107 Å². The Bertz CT molecular complexity index is 570. The molecule has 5 nitrogen and oxygen atoms in total. The normalized spacial score (nSPS) is 12.4. The number of sulfonamides is 1. The van der Waals surface area contributed by atoms with Gasteiger partial charge in [0.25, 0.3) is 0 Å². The number of amides is 1. The lowest BCUT2D eigenvalue weighted by Gasteiger charge is -2.09. The lowest BCUT2D eigenvalue weighted by molar-refractivity contribution is -0.137. The van der Waals surface area contributed by atoms with Crippen LogP contribution in [0.5, 0.6) is 0 Å². The average molecular weight is 296 g/mol. The van der Waals surface area contributed by atoms with E-state index >= 15 is 0 Å². The summed E-state index contributed by atoms with van der Waals surface area (Å²) in [5.74, 6) is -0.716. The standard InChI is InChI=1S/C10H11F3N2O3S/c11-10(12,13)7-2-1-3-8(6-7)19(17,18)15-5-4-9(14)16/h1-3,6,15H,4-5H2,(H2,14,16). The van der Waals surface area contributed by atoms with Gasteiger partial charge in [0.05, 0.1) is 10.5 Å². The number of carbonyl (C=O) groups is 1. The van der Waals surface area contributed by atoms with Crippen LogP contribution >= 0.6 is 0 Å². The highest BCUT2D eigenvalue weighted by molar-refractivity contribution is 7.89. The van der Waals surface area contributed by atoms with Crippen molar-refractivity contribution in [1.82, 2.24) is 4.72 Å². The molecule has 0 unspecified atom stereocenters. The number of hydrogen-bond acceptors (Lipinski definition) is 3. The van der Waals surface area contributed by atoms with Crippen molar-refractivity contribution in [1.29, 1.82) is 0 Å². The first kappa shape index (κ1) is 15.4. The fraction of sp³-hybridized carbons (Fsp3) is 0.300. The molecule has 0 saturated heterocycles. The largest absolute Gasteiger partial charge is 0.416 e. The fourth-order valence-corrected chi connectivity index (χ4v) is 2.31. The maximum absolute atomic E-state index is 12.4. The molecule has 0 saturated carbocycles. The molecule has 0 atom stereocenters. The van der Waals surface area contributed by atoms with Crippen LogP contribution in [0.3, 0.4) is 0 Å². The first-order chi connectivity index (χ1) is 8.63. The van der Waals surface area contributed by atoms with E-state index in [1.165, 1.54) is 0 Å². The monoisotopic (exact) mass is 296 g/mol. The lowest BCUT2D eigenvalue weighted by atomic mass is 10.2. The molecule has 1 aromatic carbocycles. The van der Waals surface area contributed by atoms with Gasteiger partial charge in [-0.1, -0.05) is 6.07 Å². The Morgan fingerprint density at radius 3 is 2.47 bits per heavy atom. The fourth-order valence-electron chi connectivity index (χ4n) is 1.23. The van der Waals surface area contributed by atoms with Crippen LogP contribution in [0.4, 0.5) is 13.2 Å². The zero-order chi connectivity index (χ0) is 14.7. The molecule has 1 aromatic rings. The van der Waals surface area contributed by atoms with E-state index in [2.05, 4.69) is 0 Å². The van der Waals surface area contributed by atoms with Gasteiger partial charge >= 0.3 is 6.18 Å². The molecule has 3 N–H and O–H groups in total. The van der Waals surface area contributed by atoms with E-state index in [1.807, 2.05) is 4.72 Å². The molecule has 0 aliphatic rings. The summed E-state index contributed by atoms with van der Waals surface area (Å²) < 4.78 is 62.6. The molecule has 0 aromatic heterocycles. The highest BCUT2D eigenvalue weighted by Crippen LogP contribution is 2.30. The van der Waals surface area contributed by atoms with Crippen molar-refractivity contribution in [2.45, 2.75) is 17.5 Å². The third-order valence-corrected chi connectivity index (χ3v) is 3.59. The number of halogens is 3. The van der Waals surface area contributed by atoms with Gasteiger partial charge in [-0.05, 0) is 18.2 Å².